The van der Waals surface area contributed by atoms with Crippen LogP contribution in [-0.2, 0) is 16.1 Å². The van der Waals surface area contributed by atoms with E-state index < -0.39 is 17.9 Å². The van der Waals surface area contributed by atoms with E-state index in [1.807, 2.05) is 0 Å². The van der Waals surface area contributed by atoms with Crippen molar-refractivity contribution in [3.05, 3.63) is 34.9 Å². The molecule has 0 aliphatic heterocycles. The zero-order valence-corrected chi connectivity index (χ0v) is 9.78. The maximum Gasteiger partial charge on any atom is 0.305 e. The van der Waals surface area contributed by atoms with Crippen molar-refractivity contribution in [3.8, 4) is 0 Å². The molecule has 0 aliphatic rings. The van der Waals surface area contributed by atoms with Crippen molar-refractivity contribution in [1.29, 1.82) is 0 Å². The van der Waals surface area contributed by atoms with Crippen molar-refractivity contribution >= 4 is 23.5 Å². The molecule has 0 saturated carbocycles. The molecular weight excluding hydrogens is 244 g/mol. The SMILES string of the molecule is NC(CC(=O)O)C(=O)NCc1ccc(Cl)cc1. The number of amides is 1. The van der Waals surface area contributed by atoms with E-state index in [-0.39, 0.29) is 6.42 Å². The van der Waals surface area contributed by atoms with E-state index in [0.717, 1.165) is 5.56 Å². The molecule has 1 amide bonds. The highest BCUT2D eigenvalue weighted by Gasteiger charge is 2.16. The second kappa shape index (κ2) is 6.22. The lowest BCUT2D eigenvalue weighted by Crippen LogP contribution is -2.41. The minimum absolute atomic E-state index is 0.295. The third-order valence-corrected chi connectivity index (χ3v) is 2.36. The molecule has 6 heteroatoms. The number of benzene rings is 1. The lowest BCUT2D eigenvalue weighted by atomic mass is 10.2. The van der Waals surface area contributed by atoms with Crippen LogP contribution in [0.5, 0.6) is 0 Å². The largest absolute Gasteiger partial charge is 0.481 e. The van der Waals surface area contributed by atoms with Gasteiger partial charge in [-0.2, -0.15) is 0 Å². The van der Waals surface area contributed by atoms with E-state index >= 15 is 0 Å². The quantitative estimate of drug-likeness (QED) is 0.725. The Morgan fingerprint density at radius 3 is 2.47 bits per heavy atom. The molecule has 5 nitrogen and oxygen atoms in total. The van der Waals surface area contributed by atoms with Gasteiger partial charge < -0.3 is 16.2 Å². The second-order valence-corrected chi connectivity index (χ2v) is 3.99. The van der Waals surface area contributed by atoms with Gasteiger partial charge in [-0.1, -0.05) is 23.7 Å². The molecular formula is C11H13ClN2O3. The smallest absolute Gasteiger partial charge is 0.305 e. The summed E-state index contributed by atoms with van der Waals surface area (Å²) in [7, 11) is 0. The van der Waals surface area contributed by atoms with Crippen LogP contribution >= 0.6 is 11.6 Å². The van der Waals surface area contributed by atoms with E-state index in [1.165, 1.54) is 0 Å². The number of halogens is 1. The van der Waals surface area contributed by atoms with Crippen LogP contribution < -0.4 is 11.1 Å². The highest BCUT2D eigenvalue weighted by Crippen LogP contribution is 2.09. The van der Waals surface area contributed by atoms with Crippen molar-refractivity contribution in [2.24, 2.45) is 5.73 Å². The molecule has 1 aromatic carbocycles. The molecule has 0 heterocycles. The third-order valence-electron chi connectivity index (χ3n) is 2.11. The summed E-state index contributed by atoms with van der Waals surface area (Å²) < 4.78 is 0. The Bertz CT molecular complexity index is 406. The first-order valence-electron chi connectivity index (χ1n) is 4.98. The number of hydrogen-bond acceptors (Lipinski definition) is 3. The lowest BCUT2D eigenvalue weighted by Gasteiger charge is -2.10. The van der Waals surface area contributed by atoms with Gasteiger partial charge in [-0.25, -0.2) is 0 Å². The van der Waals surface area contributed by atoms with Crippen LogP contribution in [0.15, 0.2) is 24.3 Å². The number of carbonyl (C=O) groups is 2. The number of carbonyl (C=O) groups excluding carboxylic acids is 1. The average Bonchev–Trinajstić information content (AvgIpc) is 2.27. The van der Waals surface area contributed by atoms with Gasteiger partial charge in [0.25, 0.3) is 0 Å². The topological polar surface area (TPSA) is 92.4 Å². The standard InChI is InChI=1S/C11H13ClN2O3/c12-8-3-1-7(2-4-8)6-14-11(17)9(13)5-10(15)16/h1-4,9H,5-6,13H2,(H,14,17)(H,15,16). The Labute approximate surface area is 104 Å². The predicted molar refractivity (Wildman–Crippen MR) is 63.5 cm³/mol. The van der Waals surface area contributed by atoms with E-state index in [1.54, 1.807) is 24.3 Å². The van der Waals surface area contributed by atoms with E-state index in [9.17, 15) is 9.59 Å². The normalized spacial score (nSPS) is 11.9. The lowest BCUT2D eigenvalue weighted by molar-refractivity contribution is -0.139. The van der Waals surface area contributed by atoms with E-state index in [4.69, 9.17) is 22.4 Å². The van der Waals surface area contributed by atoms with Gasteiger partial charge in [-0.05, 0) is 17.7 Å². The Balaban J connectivity index is 2.42. The number of rotatable bonds is 5. The molecule has 1 aromatic rings. The van der Waals surface area contributed by atoms with Gasteiger partial charge >= 0.3 is 5.97 Å². The van der Waals surface area contributed by atoms with Crippen molar-refractivity contribution < 1.29 is 14.7 Å². The summed E-state index contributed by atoms with van der Waals surface area (Å²) in [5.74, 6) is -1.58. The Hall–Kier alpha value is -1.59. The molecule has 0 radical (unpaired) electrons. The molecule has 0 saturated heterocycles. The monoisotopic (exact) mass is 256 g/mol. The summed E-state index contributed by atoms with van der Waals surface area (Å²) in [6.07, 6.45) is -0.382. The number of carboxylic acids is 1. The molecule has 92 valence electrons. The van der Waals surface area contributed by atoms with Gasteiger partial charge in [0.2, 0.25) is 5.91 Å². The molecule has 1 unspecified atom stereocenters. The number of aliphatic carboxylic acids is 1. The fourth-order valence-corrected chi connectivity index (χ4v) is 1.33. The molecule has 1 rings (SSSR count). The molecule has 17 heavy (non-hydrogen) atoms. The van der Waals surface area contributed by atoms with Crippen LogP contribution in [0.2, 0.25) is 5.02 Å². The van der Waals surface area contributed by atoms with Crippen LogP contribution in [0.25, 0.3) is 0 Å². The Morgan fingerprint density at radius 2 is 1.94 bits per heavy atom. The van der Waals surface area contributed by atoms with Gasteiger partial charge in [0.15, 0.2) is 0 Å². The average molecular weight is 257 g/mol. The first-order chi connectivity index (χ1) is 7.99. The number of hydrogen-bond donors (Lipinski definition) is 3. The van der Waals surface area contributed by atoms with Crippen LogP contribution in [0, 0.1) is 0 Å². The van der Waals surface area contributed by atoms with Gasteiger partial charge in [-0.3, -0.25) is 9.59 Å². The molecule has 0 aromatic heterocycles. The summed E-state index contributed by atoms with van der Waals surface area (Å²) >= 11 is 5.71. The van der Waals surface area contributed by atoms with Gasteiger partial charge in [-0.15, -0.1) is 0 Å². The fourth-order valence-electron chi connectivity index (χ4n) is 1.20. The molecule has 0 bridgehead atoms. The number of nitrogens with two attached hydrogens (primary N) is 1. The number of carboxylic acid groups (broad SMARTS) is 1. The number of nitrogens with one attached hydrogen (secondary N) is 1. The fraction of sp³-hybridized carbons (Fsp3) is 0.273. The van der Waals surface area contributed by atoms with Gasteiger partial charge in [0.05, 0.1) is 12.5 Å². The van der Waals surface area contributed by atoms with Crippen molar-refractivity contribution in [2.75, 3.05) is 0 Å². The third kappa shape index (κ3) is 4.84. The zero-order valence-electron chi connectivity index (χ0n) is 9.02. The summed E-state index contributed by atoms with van der Waals surface area (Å²) in [4.78, 5) is 21.7. The summed E-state index contributed by atoms with van der Waals surface area (Å²) in [5.41, 5.74) is 6.26. The second-order valence-electron chi connectivity index (χ2n) is 3.55. The molecule has 0 fully saturated rings. The molecule has 0 aliphatic carbocycles. The molecule has 1 atom stereocenters. The van der Waals surface area contributed by atoms with Crippen LogP contribution in [0.4, 0.5) is 0 Å². The van der Waals surface area contributed by atoms with Gasteiger partial charge in [0, 0.05) is 11.6 Å². The maximum absolute atomic E-state index is 11.4. The first kappa shape index (κ1) is 13.5. The Morgan fingerprint density at radius 1 is 1.35 bits per heavy atom. The predicted octanol–water partition coefficient (Wildman–Crippen LogP) is 0.758. The van der Waals surface area contributed by atoms with E-state index in [0.29, 0.717) is 11.6 Å². The highest BCUT2D eigenvalue weighted by molar-refractivity contribution is 6.30. The summed E-state index contributed by atoms with van der Waals surface area (Å²) in [5, 5.41) is 11.6. The van der Waals surface area contributed by atoms with Crippen molar-refractivity contribution in [1.82, 2.24) is 5.32 Å². The maximum atomic E-state index is 11.4. The summed E-state index contributed by atoms with van der Waals surface area (Å²) in [6.45, 7) is 0.295. The summed E-state index contributed by atoms with van der Waals surface area (Å²) in [6, 6.07) is 5.93. The van der Waals surface area contributed by atoms with Crippen molar-refractivity contribution in [2.45, 2.75) is 19.0 Å². The molecule has 4 N–H and O–H groups in total. The minimum Gasteiger partial charge on any atom is -0.481 e. The highest BCUT2D eigenvalue weighted by atomic mass is 35.5. The van der Waals surface area contributed by atoms with Crippen LogP contribution in [-0.4, -0.2) is 23.0 Å². The van der Waals surface area contributed by atoms with E-state index in [2.05, 4.69) is 5.32 Å². The first-order valence-corrected chi connectivity index (χ1v) is 5.36. The van der Waals surface area contributed by atoms with Crippen molar-refractivity contribution in [3.63, 3.8) is 0 Å². The zero-order chi connectivity index (χ0) is 12.8. The minimum atomic E-state index is -1.10. The van der Waals surface area contributed by atoms with Crippen LogP contribution in [0.1, 0.15) is 12.0 Å². The van der Waals surface area contributed by atoms with Gasteiger partial charge in [0.1, 0.15) is 0 Å². The Kier molecular flexibility index (Phi) is 4.93. The molecule has 0 spiro atoms. The van der Waals surface area contributed by atoms with Crippen LogP contribution in [0.3, 0.4) is 0 Å².